The maximum atomic E-state index is 8.52. The third-order valence-corrected chi connectivity index (χ3v) is 0. The van der Waals surface area contributed by atoms with Crippen LogP contribution < -0.4 is 33.8 Å². The number of guanidine groups is 2. The Morgan fingerprint density at radius 3 is 0.560 bits per heavy atom. The van der Waals surface area contributed by atoms with Gasteiger partial charge in [-0.3, -0.25) is 50.6 Å². The molecule has 0 heterocycles. The molecule has 0 aliphatic heterocycles. The molecule has 23 heteroatoms. The third kappa shape index (κ3) is 4600. The van der Waals surface area contributed by atoms with Crippen molar-refractivity contribution >= 4 is 32.7 Å². The Morgan fingerprint density at radius 2 is 0.560 bits per heavy atom. The molecule has 0 aromatic rings. The smallest absolute Gasteiger partial charge is 0.759 e. The fraction of sp³-hybridized carbons (Fsp3) is 0. The fourth-order valence-corrected chi connectivity index (χ4v) is 0. The van der Waals surface area contributed by atoms with E-state index in [0.717, 1.165) is 0 Å². The monoisotopic (exact) mass is 482 g/mol. The molecule has 0 spiro atoms. The van der Waals surface area contributed by atoms with Crippen LogP contribution in [0.3, 0.4) is 0 Å². The summed E-state index contributed by atoms with van der Waals surface area (Å²) in [5, 5.41) is 9.17. The van der Waals surface area contributed by atoms with Gasteiger partial charge < -0.3 is 51.1 Å². The third-order valence-electron chi connectivity index (χ3n) is 0. The topological polar surface area (TPSA) is 514 Å². The van der Waals surface area contributed by atoms with E-state index >= 15 is 0 Å². The van der Waals surface area contributed by atoms with Crippen LogP contribution in [-0.4, -0.2) is 47.0 Å². The summed E-state index contributed by atoms with van der Waals surface area (Å²) >= 11 is 0. The number of hydrogen-bond donors (Lipinski definition) is 6. The van der Waals surface area contributed by atoms with Gasteiger partial charge in [-0.15, -0.1) is 0 Å². The van der Waals surface area contributed by atoms with Crippen molar-refractivity contribution < 1.29 is 95.8 Å². The average Bonchev–Trinajstić information content (AvgIpc) is 1.70. The summed E-state index contributed by atoms with van der Waals surface area (Å²) in [6.45, 7) is 0. The molecule has 25 heavy (non-hydrogen) atoms. The normalized spacial score (nSPS) is 6.56. The number of hydrogen-bond acceptors (Lipinski definition) is 8. The first-order chi connectivity index (χ1) is 7.46. The molecular formula is C2H30FeN6O14S2+6. The minimum atomic E-state index is -5.17. The average molecular weight is 482 g/mol. The number of rotatable bonds is 0. The SMILES string of the molecule is NC(N)=[NH2+].NC(N)=[NH2+].O=S(=O)([O-])[O-].O=S(=O)([O-])[O-].[Fe+2].[OH3+].[OH3+].[OH3+].[OH3+].[OH3+].[OH3+]. The molecule has 0 aliphatic carbocycles. The Balaban J connectivity index is -0.0000000107. The molecule has 0 atom stereocenters. The summed E-state index contributed by atoms with van der Waals surface area (Å²) in [5.41, 5.74) is 18.3. The fourth-order valence-electron chi connectivity index (χ4n) is 0. The molecule has 0 aromatic heterocycles. The Bertz CT molecular complexity index is 370. The Hall–Kier alpha value is -1.44. The molecule has 20 nitrogen and oxygen atoms in total. The van der Waals surface area contributed by atoms with E-state index in [1.54, 1.807) is 0 Å². The zero-order chi connectivity index (χ0) is 16.2. The summed E-state index contributed by atoms with van der Waals surface area (Å²) in [6, 6.07) is 0. The molecule has 0 rings (SSSR count). The van der Waals surface area contributed by atoms with Crippen molar-refractivity contribution in [2.24, 2.45) is 22.9 Å². The molecule has 30 N–H and O–H groups in total. The largest absolute Gasteiger partial charge is 2.00 e. The Morgan fingerprint density at radius 1 is 0.560 bits per heavy atom. The van der Waals surface area contributed by atoms with E-state index in [1.165, 1.54) is 0 Å². The maximum absolute atomic E-state index is 8.52. The summed E-state index contributed by atoms with van der Waals surface area (Å²) in [4.78, 5) is 0. The first kappa shape index (κ1) is 76.0. The van der Waals surface area contributed by atoms with Gasteiger partial charge in [-0.2, -0.15) is 0 Å². The second-order valence-corrected chi connectivity index (χ2v) is 3.45. The molecule has 0 radical (unpaired) electrons. The predicted molar refractivity (Wildman–Crippen MR) is 80.8 cm³/mol. The summed E-state index contributed by atoms with van der Waals surface area (Å²) in [6.07, 6.45) is 0. The van der Waals surface area contributed by atoms with E-state index in [9.17, 15) is 0 Å². The van der Waals surface area contributed by atoms with Crippen molar-refractivity contribution in [3.05, 3.63) is 0 Å². The van der Waals surface area contributed by atoms with E-state index < -0.39 is 20.8 Å². The molecule has 166 valence electrons. The van der Waals surface area contributed by atoms with Gasteiger partial charge in [0, 0.05) is 20.8 Å². The van der Waals surface area contributed by atoms with Crippen LogP contribution in [0.5, 0.6) is 0 Å². The van der Waals surface area contributed by atoms with Crippen molar-refractivity contribution in [2.45, 2.75) is 0 Å². The zero-order valence-corrected chi connectivity index (χ0v) is 15.1. The standard InChI is InChI=1S/2CH5N3.Fe.2H2O4S.6H2O/c2*2-1(3)4;;2*1-5(2,3)4;;;;;;/h2*(H5,2,3,4);;2*(H2,1,2,3,4);6*1H2/q;;+2;;;;;;;;/p+4. The van der Waals surface area contributed by atoms with Gasteiger partial charge in [0.15, 0.2) is 0 Å². The molecule has 0 saturated heterocycles. The Kier molecular flexibility index (Phi) is 116. The van der Waals surface area contributed by atoms with Crippen LogP contribution in [0.4, 0.5) is 0 Å². The summed E-state index contributed by atoms with van der Waals surface area (Å²) < 4.78 is 68.2. The predicted octanol–water partition coefficient (Wildman–Crippen LogP) is -14.2. The first-order valence-corrected chi connectivity index (χ1v) is 5.73. The van der Waals surface area contributed by atoms with Gasteiger partial charge in [0.25, 0.3) is 0 Å². The van der Waals surface area contributed by atoms with Gasteiger partial charge in [-0.1, -0.05) is 0 Å². The van der Waals surface area contributed by atoms with Crippen LogP contribution in [0.25, 0.3) is 0 Å². The van der Waals surface area contributed by atoms with E-state index in [0.29, 0.717) is 0 Å². The van der Waals surface area contributed by atoms with Crippen molar-refractivity contribution in [3.63, 3.8) is 0 Å². The summed E-state index contributed by atoms with van der Waals surface area (Å²) in [5.74, 6) is -0.167. The van der Waals surface area contributed by atoms with Crippen LogP contribution in [0, 0.1) is 0 Å². The number of nitrogens with two attached hydrogens (primary N) is 6. The van der Waals surface area contributed by atoms with E-state index in [1.807, 2.05) is 0 Å². The summed E-state index contributed by atoms with van der Waals surface area (Å²) in [7, 11) is -10.3. The van der Waals surface area contributed by atoms with Crippen LogP contribution in [0.15, 0.2) is 0 Å². The minimum absolute atomic E-state index is 0. The van der Waals surface area contributed by atoms with Gasteiger partial charge in [0.1, 0.15) is 0 Å². The van der Waals surface area contributed by atoms with Crippen molar-refractivity contribution in [1.29, 1.82) is 0 Å². The second-order valence-electron chi connectivity index (χ2n) is 1.82. The van der Waals surface area contributed by atoms with Crippen molar-refractivity contribution in [3.8, 4) is 0 Å². The van der Waals surface area contributed by atoms with E-state index in [4.69, 9.17) is 35.0 Å². The molecule has 0 fully saturated rings. The van der Waals surface area contributed by atoms with Crippen molar-refractivity contribution in [1.82, 2.24) is 0 Å². The molecular weight excluding hydrogens is 452 g/mol. The zero-order valence-electron chi connectivity index (χ0n) is 12.4. The molecule has 0 unspecified atom stereocenters. The molecule has 0 aromatic carbocycles. The van der Waals surface area contributed by atoms with Gasteiger partial charge in [0.05, 0.1) is 0 Å². The van der Waals surface area contributed by atoms with Gasteiger partial charge in [-0.25, -0.2) is 0 Å². The van der Waals surface area contributed by atoms with Crippen LogP contribution in [-0.2, 0) is 70.7 Å². The van der Waals surface area contributed by atoms with Gasteiger partial charge in [-0.05, 0) is 0 Å². The van der Waals surface area contributed by atoms with E-state index in [2.05, 4.69) is 33.8 Å². The van der Waals surface area contributed by atoms with Crippen molar-refractivity contribution in [2.75, 3.05) is 0 Å². The Labute approximate surface area is 152 Å². The molecule has 0 amide bonds. The quantitative estimate of drug-likeness (QED) is 0.0468. The van der Waals surface area contributed by atoms with Gasteiger partial charge in [0.2, 0.25) is 0 Å². The second kappa shape index (κ2) is 38.2. The first-order valence-electron chi connectivity index (χ1n) is 3.07. The molecule has 0 saturated carbocycles. The minimum Gasteiger partial charge on any atom is -0.759 e. The molecule has 0 bridgehead atoms. The van der Waals surface area contributed by atoms with Gasteiger partial charge >= 0.3 is 29.0 Å². The van der Waals surface area contributed by atoms with Crippen LogP contribution in [0.1, 0.15) is 0 Å². The van der Waals surface area contributed by atoms with Crippen LogP contribution in [0.2, 0.25) is 0 Å². The maximum Gasteiger partial charge on any atom is 2.00 e. The molecule has 0 aliphatic rings. The van der Waals surface area contributed by atoms with Crippen LogP contribution >= 0.6 is 0 Å². The van der Waals surface area contributed by atoms with E-state index in [-0.39, 0.29) is 61.8 Å².